The van der Waals surface area contributed by atoms with Gasteiger partial charge < -0.3 is 9.80 Å². The lowest BCUT2D eigenvalue weighted by atomic mass is 9.69. The van der Waals surface area contributed by atoms with Crippen molar-refractivity contribution in [2.45, 2.75) is 26.2 Å². The van der Waals surface area contributed by atoms with Gasteiger partial charge in [-0.05, 0) is 12.8 Å². The van der Waals surface area contributed by atoms with Crippen LogP contribution in [0.5, 0.6) is 0 Å². The van der Waals surface area contributed by atoms with Crippen molar-refractivity contribution in [2.24, 2.45) is 5.41 Å². The van der Waals surface area contributed by atoms with Crippen LogP contribution in [0.4, 0.5) is 5.69 Å². The summed E-state index contributed by atoms with van der Waals surface area (Å²) in [5, 5.41) is 6.80. The van der Waals surface area contributed by atoms with Crippen molar-refractivity contribution in [3.8, 4) is 0 Å². The number of hydrogen-bond acceptors (Lipinski definition) is 3. The number of aromatic nitrogens is 2. The highest BCUT2D eigenvalue weighted by Gasteiger charge is 2.42. The van der Waals surface area contributed by atoms with Gasteiger partial charge in [-0.1, -0.05) is 13.3 Å². The molecule has 1 amide bonds. The summed E-state index contributed by atoms with van der Waals surface area (Å²) in [5.74, 6) is 0.362. The lowest BCUT2D eigenvalue weighted by Gasteiger charge is -2.43. The summed E-state index contributed by atoms with van der Waals surface area (Å²) in [6.07, 6.45) is 7.08. The summed E-state index contributed by atoms with van der Waals surface area (Å²) in [7, 11) is 0. The van der Waals surface area contributed by atoms with Gasteiger partial charge in [-0.2, -0.15) is 5.10 Å². The summed E-state index contributed by atoms with van der Waals surface area (Å²) in [6, 6.07) is 0. The van der Waals surface area contributed by atoms with Gasteiger partial charge in [-0.3, -0.25) is 9.89 Å². The smallest absolute Gasteiger partial charge is 0.228 e. The van der Waals surface area contributed by atoms with Gasteiger partial charge in [-0.15, -0.1) is 0 Å². The van der Waals surface area contributed by atoms with Crippen LogP contribution in [-0.2, 0) is 4.79 Å². The highest BCUT2D eigenvalue weighted by atomic mass is 16.2. The molecule has 1 saturated carbocycles. The summed E-state index contributed by atoms with van der Waals surface area (Å²) < 4.78 is 0. The second kappa shape index (κ2) is 4.30. The largest absolute Gasteiger partial charge is 0.365 e. The van der Waals surface area contributed by atoms with E-state index in [4.69, 9.17) is 0 Å². The van der Waals surface area contributed by atoms with Crippen LogP contribution < -0.4 is 4.90 Å². The Labute approximate surface area is 107 Å². The second-order valence-electron chi connectivity index (χ2n) is 5.65. The number of amides is 1. The maximum absolute atomic E-state index is 12.4. The van der Waals surface area contributed by atoms with Crippen LogP contribution >= 0.6 is 0 Å². The molecule has 0 radical (unpaired) electrons. The first-order chi connectivity index (χ1) is 8.69. The van der Waals surface area contributed by atoms with E-state index in [-0.39, 0.29) is 5.41 Å². The summed E-state index contributed by atoms with van der Waals surface area (Å²) in [4.78, 5) is 16.7. The van der Waals surface area contributed by atoms with Crippen molar-refractivity contribution in [3.05, 3.63) is 12.4 Å². The average molecular weight is 248 g/mol. The minimum atomic E-state index is -0.0577. The fraction of sp³-hybridized carbons (Fsp3) is 0.692. The van der Waals surface area contributed by atoms with Crippen LogP contribution in [0, 0.1) is 5.41 Å². The zero-order valence-corrected chi connectivity index (χ0v) is 10.9. The molecule has 1 N–H and O–H groups in total. The van der Waals surface area contributed by atoms with E-state index < -0.39 is 0 Å². The van der Waals surface area contributed by atoms with E-state index >= 15 is 0 Å². The first-order valence-corrected chi connectivity index (χ1v) is 6.72. The van der Waals surface area contributed by atoms with Gasteiger partial charge in [0.2, 0.25) is 5.91 Å². The minimum Gasteiger partial charge on any atom is -0.365 e. The normalized spacial score (nSPS) is 22.7. The maximum Gasteiger partial charge on any atom is 0.228 e. The summed E-state index contributed by atoms with van der Waals surface area (Å²) in [5.41, 5.74) is 1.06. The number of anilines is 1. The van der Waals surface area contributed by atoms with Gasteiger partial charge in [0.15, 0.2) is 0 Å². The van der Waals surface area contributed by atoms with Crippen molar-refractivity contribution in [2.75, 3.05) is 31.1 Å². The number of H-pyrrole nitrogens is 1. The standard InChI is InChI=1S/C13H20N4O/c1-13(3-2-4-13)12(18)17-7-5-16(6-8-17)11-9-14-15-10-11/h9-10H,2-8H2,1H3,(H,14,15). The van der Waals surface area contributed by atoms with E-state index in [1.165, 1.54) is 6.42 Å². The molecular formula is C13H20N4O. The molecule has 5 nitrogen and oxygen atoms in total. The molecule has 1 saturated heterocycles. The van der Waals surface area contributed by atoms with Crippen LogP contribution in [-0.4, -0.2) is 47.2 Å². The van der Waals surface area contributed by atoms with E-state index in [1.54, 1.807) is 0 Å². The molecule has 2 heterocycles. The second-order valence-corrected chi connectivity index (χ2v) is 5.65. The van der Waals surface area contributed by atoms with E-state index in [0.717, 1.165) is 44.7 Å². The highest BCUT2D eigenvalue weighted by molar-refractivity contribution is 5.83. The highest BCUT2D eigenvalue weighted by Crippen LogP contribution is 2.42. The van der Waals surface area contributed by atoms with Gasteiger partial charge in [-0.25, -0.2) is 0 Å². The Hall–Kier alpha value is -1.52. The number of nitrogens with zero attached hydrogens (tertiary/aromatic N) is 3. The van der Waals surface area contributed by atoms with Crippen molar-refractivity contribution in [1.29, 1.82) is 0 Å². The number of nitrogens with one attached hydrogen (secondary N) is 1. The molecule has 1 aliphatic carbocycles. The molecule has 2 aliphatic rings. The van der Waals surface area contributed by atoms with Gasteiger partial charge >= 0.3 is 0 Å². The number of hydrogen-bond donors (Lipinski definition) is 1. The molecule has 98 valence electrons. The Morgan fingerprint density at radius 3 is 2.56 bits per heavy atom. The molecule has 2 fully saturated rings. The van der Waals surface area contributed by atoms with E-state index in [9.17, 15) is 4.79 Å². The van der Waals surface area contributed by atoms with Crippen LogP contribution in [0.25, 0.3) is 0 Å². The Balaban J connectivity index is 1.58. The molecule has 0 atom stereocenters. The van der Waals surface area contributed by atoms with Gasteiger partial charge in [0.25, 0.3) is 0 Å². The molecular weight excluding hydrogens is 228 g/mol. The first kappa shape index (κ1) is 11.6. The van der Waals surface area contributed by atoms with E-state index in [2.05, 4.69) is 22.0 Å². The zero-order valence-electron chi connectivity index (χ0n) is 10.9. The topological polar surface area (TPSA) is 52.2 Å². The van der Waals surface area contributed by atoms with Crippen molar-refractivity contribution < 1.29 is 4.79 Å². The van der Waals surface area contributed by atoms with Crippen molar-refractivity contribution >= 4 is 11.6 Å². The van der Waals surface area contributed by atoms with Gasteiger partial charge in [0, 0.05) is 37.8 Å². The minimum absolute atomic E-state index is 0.0577. The van der Waals surface area contributed by atoms with Crippen LogP contribution in [0.3, 0.4) is 0 Å². The fourth-order valence-corrected chi connectivity index (χ4v) is 2.89. The summed E-state index contributed by atoms with van der Waals surface area (Å²) >= 11 is 0. The molecule has 0 unspecified atom stereocenters. The maximum atomic E-state index is 12.4. The average Bonchev–Trinajstić information content (AvgIpc) is 2.89. The third kappa shape index (κ3) is 1.87. The monoisotopic (exact) mass is 248 g/mol. The number of rotatable bonds is 2. The third-order valence-electron chi connectivity index (χ3n) is 4.39. The van der Waals surface area contributed by atoms with E-state index in [1.807, 2.05) is 17.3 Å². The summed E-state index contributed by atoms with van der Waals surface area (Å²) in [6.45, 7) is 5.59. The third-order valence-corrected chi connectivity index (χ3v) is 4.39. The van der Waals surface area contributed by atoms with Crippen LogP contribution in [0.1, 0.15) is 26.2 Å². The Morgan fingerprint density at radius 2 is 2.06 bits per heavy atom. The zero-order chi connectivity index (χ0) is 12.6. The fourth-order valence-electron chi connectivity index (χ4n) is 2.89. The number of carbonyl (C=O) groups excluding carboxylic acids is 1. The molecule has 1 aromatic heterocycles. The van der Waals surface area contributed by atoms with Gasteiger partial charge in [0.1, 0.15) is 0 Å². The molecule has 1 aliphatic heterocycles. The van der Waals surface area contributed by atoms with Crippen LogP contribution in [0.15, 0.2) is 12.4 Å². The number of carbonyl (C=O) groups is 1. The Bertz CT molecular complexity index is 416. The predicted molar refractivity (Wildman–Crippen MR) is 69.3 cm³/mol. The van der Waals surface area contributed by atoms with E-state index in [0.29, 0.717) is 5.91 Å². The lowest BCUT2D eigenvalue weighted by Crippen LogP contribution is -2.54. The molecule has 0 aromatic carbocycles. The molecule has 1 aromatic rings. The lowest BCUT2D eigenvalue weighted by molar-refractivity contribution is -0.146. The molecule has 3 rings (SSSR count). The van der Waals surface area contributed by atoms with Crippen molar-refractivity contribution in [1.82, 2.24) is 15.1 Å². The predicted octanol–water partition coefficient (Wildman–Crippen LogP) is 1.25. The Morgan fingerprint density at radius 1 is 1.33 bits per heavy atom. The first-order valence-electron chi connectivity index (χ1n) is 6.72. The molecule has 0 spiro atoms. The quantitative estimate of drug-likeness (QED) is 0.857. The Kier molecular flexibility index (Phi) is 2.76. The number of piperazine rings is 1. The SMILES string of the molecule is CC1(C(=O)N2CCN(c3cn[nH]c3)CC2)CCC1. The van der Waals surface area contributed by atoms with Gasteiger partial charge in [0.05, 0.1) is 11.9 Å². The number of aromatic amines is 1. The molecule has 0 bridgehead atoms. The molecule has 5 heteroatoms. The van der Waals surface area contributed by atoms with Crippen molar-refractivity contribution in [3.63, 3.8) is 0 Å². The molecule has 18 heavy (non-hydrogen) atoms. The van der Waals surface area contributed by atoms with Crippen LogP contribution in [0.2, 0.25) is 0 Å².